The monoisotopic (exact) mass is 510 g/mol. The third-order valence-corrected chi connectivity index (χ3v) is 5.99. The molecular weight excluding hydrogens is 492 g/mol. The first-order valence-corrected chi connectivity index (χ1v) is 11.1. The van der Waals surface area contributed by atoms with E-state index in [1.807, 2.05) is 6.92 Å². The van der Waals surface area contributed by atoms with Crippen molar-refractivity contribution < 1.29 is 23.2 Å². The molecule has 1 atom stereocenters. The molecule has 8 nitrogen and oxygen atoms in total. The second-order valence-electron chi connectivity index (χ2n) is 7.53. The number of anilines is 1. The molecule has 33 heavy (non-hydrogen) atoms. The molecule has 0 aliphatic carbocycles. The summed E-state index contributed by atoms with van der Waals surface area (Å²) < 4.78 is 23.0. The smallest absolute Gasteiger partial charge is 0.296 e. The van der Waals surface area contributed by atoms with E-state index in [4.69, 9.17) is 18.4 Å². The van der Waals surface area contributed by atoms with Gasteiger partial charge < -0.3 is 18.4 Å². The minimum absolute atomic E-state index is 0.0201. The normalized spacial score (nSPS) is 15.2. The van der Waals surface area contributed by atoms with E-state index in [0.29, 0.717) is 40.4 Å². The van der Waals surface area contributed by atoms with Crippen LogP contribution in [0.2, 0.25) is 0 Å². The molecule has 3 heterocycles. The fourth-order valence-corrected chi connectivity index (χ4v) is 4.45. The van der Waals surface area contributed by atoms with Gasteiger partial charge in [-0.2, -0.15) is 0 Å². The second kappa shape index (κ2) is 8.08. The molecule has 1 amide bonds. The molecule has 2 aromatic heterocycles. The Balaban J connectivity index is 1.79. The average Bonchev–Trinajstić information content (AvgIpc) is 3.36. The molecule has 0 unspecified atom stereocenters. The van der Waals surface area contributed by atoms with E-state index in [2.05, 4.69) is 21.1 Å². The molecule has 4 aromatic rings. The molecule has 0 radical (unpaired) electrons. The van der Waals surface area contributed by atoms with Gasteiger partial charge in [0.05, 0.1) is 30.7 Å². The van der Waals surface area contributed by atoms with Gasteiger partial charge in [-0.1, -0.05) is 27.2 Å². The molecule has 0 N–H and O–H groups in total. The zero-order valence-corrected chi connectivity index (χ0v) is 19.6. The van der Waals surface area contributed by atoms with Crippen LogP contribution in [0, 0.1) is 6.92 Å². The maximum atomic E-state index is 13.6. The van der Waals surface area contributed by atoms with Crippen molar-refractivity contribution >= 4 is 38.6 Å². The summed E-state index contributed by atoms with van der Waals surface area (Å²) in [6.45, 7) is 4.08. The van der Waals surface area contributed by atoms with Crippen molar-refractivity contribution in [1.82, 2.24) is 5.16 Å². The van der Waals surface area contributed by atoms with Crippen LogP contribution in [0.15, 0.2) is 60.7 Å². The fourth-order valence-electron chi connectivity index (χ4n) is 4.09. The lowest BCUT2D eigenvalue weighted by Gasteiger charge is -2.23. The van der Waals surface area contributed by atoms with Gasteiger partial charge in [0.15, 0.2) is 22.7 Å². The van der Waals surface area contributed by atoms with Crippen LogP contribution in [0.4, 0.5) is 5.82 Å². The topological polar surface area (TPSA) is 95.0 Å². The Morgan fingerprint density at radius 3 is 2.64 bits per heavy atom. The predicted octanol–water partition coefficient (Wildman–Crippen LogP) is 5.01. The average molecular weight is 511 g/mol. The lowest BCUT2D eigenvalue weighted by molar-refractivity contribution is 0.0969. The van der Waals surface area contributed by atoms with E-state index >= 15 is 0 Å². The SMILES string of the molecule is CCOc1ccc([C@@H]2c3c(oc4ccc(Br)cc4c3=O)C(=O)N2c2cc(C)on2)cc1OC. The number of hydrogen-bond donors (Lipinski definition) is 0. The Hall–Kier alpha value is -3.59. The fraction of sp³-hybridized carbons (Fsp3) is 0.208. The first-order valence-electron chi connectivity index (χ1n) is 10.3. The highest BCUT2D eigenvalue weighted by Gasteiger charge is 2.45. The number of carbonyl (C=O) groups excluding carboxylic acids is 1. The number of rotatable bonds is 5. The summed E-state index contributed by atoms with van der Waals surface area (Å²) in [6, 6.07) is 11.3. The van der Waals surface area contributed by atoms with E-state index in [9.17, 15) is 9.59 Å². The van der Waals surface area contributed by atoms with Crippen molar-refractivity contribution in [3.05, 3.63) is 79.8 Å². The minimum Gasteiger partial charge on any atom is -0.493 e. The molecule has 0 bridgehead atoms. The summed E-state index contributed by atoms with van der Waals surface area (Å²) in [7, 11) is 1.54. The molecule has 1 aliphatic rings. The highest BCUT2D eigenvalue weighted by molar-refractivity contribution is 9.10. The van der Waals surface area contributed by atoms with E-state index in [1.165, 1.54) is 12.0 Å². The van der Waals surface area contributed by atoms with Gasteiger partial charge in [0.2, 0.25) is 5.76 Å². The molecule has 1 aliphatic heterocycles. The van der Waals surface area contributed by atoms with Gasteiger partial charge in [0, 0.05) is 10.5 Å². The van der Waals surface area contributed by atoms with Crippen molar-refractivity contribution in [2.45, 2.75) is 19.9 Å². The Kier molecular flexibility index (Phi) is 5.20. The van der Waals surface area contributed by atoms with Crippen molar-refractivity contribution in [3.63, 3.8) is 0 Å². The molecule has 0 spiro atoms. The molecule has 0 fully saturated rings. The van der Waals surface area contributed by atoms with Gasteiger partial charge in [-0.25, -0.2) is 0 Å². The first-order chi connectivity index (χ1) is 15.9. The van der Waals surface area contributed by atoms with Crippen LogP contribution < -0.4 is 19.8 Å². The van der Waals surface area contributed by atoms with Gasteiger partial charge in [-0.15, -0.1) is 0 Å². The minimum atomic E-state index is -0.791. The highest BCUT2D eigenvalue weighted by atomic mass is 79.9. The molecule has 0 saturated heterocycles. The largest absolute Gasteiger partial charge is 0.493 e. The Labute approximate surface area is 196 Å². The quantitative estimate of drug-likeness (QED) is 0.372. The summed E-state index contributed by atoms with van der Waals surface area (Å²) in [4.78, 5) is 28.6. The van der Waals surface area contributed by atoms with Crippen LogP contribution in [-0.4, -0.2) is 24.8 Å². The van der Waals surface area contributed by atoms with Gasteiger partial charge in [-0.3, -0.25) is 14.5 Å². The van der Waals surface area contributed by atoms with Crippen LogP contribution in [0.1, 0.15) is 40.4 Å². The van der Waals surface area contributed by atoms with E-state index in [-0.39, 0.29) is 22.6 Å². The summed E-state index contributed by atoms with van der Waals surface area (Å²) in [5, 5.41) is 4.41. The molecule has 9 heteroatoms. The van der Waals surface area contributed by atoms with Crippen molar-refractivity contribution in [2.24, 2.45) is 0 Å². The molecule has 5 rings (SSSR count). The van der Waals surface area contributed by atoms with Crippen LogP contribution in [0.3, 0.4) is 0 Å². The van der Waals surface area contributed by atoms with Gasteiger partial charge in [0.1, 0.15) is 11.3 Å². The summed E-state index contributed by atoms with van der Waals surface area (Å²) in [5.74, 6) is 1.37. The zero-order valence-electron chi connectivity index (χ0n) is 18.0. The standard InChI is InChI=1S/C24H19BrN2O6/c1-4-31-17-7-5-13(10-18(17)30-3)21-20-22(28)15-11-14(25)6-8-16(15)32-23(20)24(29)27(21)19-9-12(2)33-26-19/h5-11,21H,4H2,1-3H3/t21-/m1/s1. The summed E-state index contributed by atoms with van der Waals surface area (Å²) in [5.41, 5.74) is 0.917. The number of carbonyl (C=O) groups is 1. The first kappa shape index (κ1) is 21.3. The summed E-state index contributed by atoms with van der Waals surface area (Å²) >= 11 is 3.40. The van der Waals surface area contributed by atoms with Crippen LogP contribution in [0.25, 0.3) is 11.0 Å². The number of halogens is 1. The Morgan fingerprint density at radius 2 is 1.94 bits per heavy atom. The number of methoxy groups -OCH3 is 1. The highest BCUT2D eigenvalue weighted by Crippen LogP contribution is 2.43. The number of hydrogen-bond acceptors (Lipinski definition) is 7. The lowest BCUT2D eigenvalue weighted by Crippen LogP contribution is -2.29. The number of amides is 1. The van der Waals surface area contributed by atoms with Crippen molar-refractivity contribution in [2.75, 3.05) is 18.6 Å². The maximum absolute atomic E-state index is 13.6. The van der Waals surface area contributed by atoms with E-state index in [0.717, 1.165) is 4.47 Å². The molecule has 0 saturated carbocycles. The molecule has 168 valence electrons. The number of aryl methyl sites for hydroxylation is 1. The van der Waals surface area contributed by atoms with E-state index < -0.39 is 11.9 Å². The number of ether oxygens (including phenoxy) is 2. The third kappa shape index (κ3) is 3.39. The number of fused-ring (bicyclic) bond motifs is 2. The van der Waals surface area contributed by atoms with Gasteiger partial charge >= 0.3 is 0 Å². The molecule has 2 aromatic carbocycles. The third-order valence-electron chi connectivity index (χ3n) is 5.50. The van der Waals surface area contributed by atoms with Crippen LogP contribution in [0.5, 0.6) is 11.5 Å². The van der Waals surface area contributed by atoms with Crippen molar-refractivity contribution in [3.8, 4) is 11.5 Å². The number of aromatic nitrogens is 1. The zero-order chi connectivity index (χ0) is 23.3. The maximum Gasteiger partial charge on any atom is 0.296 e. The Morgan fingerprint density at radius 1 is 1.12 bits per heavy atom. The lowest BCUT2D eigenvalue weighted by atomic mass is 9.98. The second-order valence-corrected chi connectivity index (χ2v) is 8.45. The van der Waals surface area contributed by atoms with Crippen LogP contribution >= 0.6 is 15.9 Å². The number of benzene rings is 2. The summed E-state index contributed by atoms with van der Waals surface area (Å²) in [6.07, 6.45) is 0. The van der Waals surface area contributed by atoms with Crippen molar-refractivity contribution in [1.29, 1.82) is 0 Å². The van der Waals surface area contributed by atoms with Gasteiger partial charge in [0.25, 0.3) is 5.91 Å². The predicted molar refractivity (Wildman–Crippen MR) is 124 cm³/mol. The van der Waals surface area contributed by atoms with Gasteiger partial charge in [-0.05, 0) is 49.7 Å². The van der Waals surface area contributed by atoms with E-state index in [1.54, 1.807) is 49.4 Å². The molecular formula is C24H19BrN2O6. The van der Waals surface area contributed by atoms with Crippen LogP contribution in [-0.2, 0) is 0 Å². The number of nitrogens with zero attached hydrogens (tertiary/aromatic N) is 2. The Bertz CT molecular complexity index is 1460.